The normalized spacial score (nSPS) is 22.8. The molecule has 0 fully saturated rings. The van der Waals surface area contributed by atoms with Gasteiger partial charge in [0.25, 0.3) is 0 Å². The molecular formula is C12H12Br2O2. The highest BCUT2D eigenvalue weighted by Crippen LogP contribution is 2.49. The van der Waals surface area contributed by atoms with Gasteiger partial charge in [0, 0.05) is 14.9 Å². The van der Waals surface area contributed by atoms with Crippen molar-refractivity contribution in [1.29, 1.82) is 0 Å². The van der Waals surface area contributed by atoms with Crippen molar-refractivity contribution in [1.82, 2.24) is 0 Å². The number of fused-ring (bicyclic) bond motifs is 3. The Hall–Kier alpha value is -0.220. The average molecular weight is 348 g/mol. The molecular weight excluding hydrogens is 336 g/mol. The van der Waals surface area contributed by atoms with E-state index in [-0.39, 0.29) is 0 Å². The summed E-state index contributed by atoms with van der Waals surface area (Å²) in [6.45, 7) is 1.30. The van der Waals surface area contributed by atoms with E-state index >= 15 is 0 Å². The van der Waals surface area contributed by atoms with Gasteiger partial charge in [-0.2, -0.15) is 0 Å². The summed E-state index contributed by atoms with van der Waals surface area (Å²) in [6.07, 6.45) is 3.51. The summed E-state index contributed by atoms with van der Waals surface area (Å²) < 4.78 is 12.6. The molecule has 1 aromatic rings. The van der Waals surface area contributed by atoms with E-state index in [2.05, 4.69) is 31.9 Å². The van der Waals surface area contributed by atoms with Gasteiger partial charge >= 0.3 is 0 Å². The monoisotopic (exact) mass is 346 g/mol. The van der Waals surface area contributed by atoms with E-state index in [0.717, 1.165) is 22.4 Å². The summed E-state index contributed by atoms with van der Waals surface area (Å²) in [5, 5.41) is 0. The molecule has 0 N–H and O–H groups in total. The molecule has 1 aliphatic carbocycles. The molecule has 1 heterocycles. The first kappa shape index (κ1) is 10.9. The second-order valence-corrected chi connectivity index (χ2v) is 6.09. The van der Waals surface area contributed by atoms with Gasteiger partial charge in [0.1, 0.15) is 13.2 Å². The Labute approximate surface area is 112 Å². The van der Waals surface area contributed by atoms with E-state index in [1.807, 2.05) is 6.07 Å². The zero-order valence-electron chi connectivity index (χ0n) is 8.76. The minimum atomic E-state index is 0.393. The van der Waals surface area contributed by atoms with Crippen molar-refractivity contribution >= 4 is 31.9 Å². The quantitative estimate of drug-likeness (QED) is 0.660. The van der Waals surface area contributed by atoms with E-state index < -0.39 is 0 Å². The number of halogens is 2. The van der Waals surface area contributed by atoms with Crippen molar-refractivity contribution in [3.8, 4) is 11.5 Å². The van der Waals surface area contributed by atoms with Gasteiger partial charge < -0.3 is 9.47 Å². The predicted octanol–water partition coefficient (Wildman–Crippen LogP) is 3.99. The van der Waals surface area contributed by atoms with Crippen LogP contribution in [0.4, 0.5) is 0 Å². The minimum Gasteiger partial charge on any atom is -0.486 e. The van der Waals surface area contributed by atoms with Crippen molar-refractivity contribution in [3.63, 3.8) is 0 Å². The molecule has 0 bridgehead atoms. The van der Waals surface area contributed by atoms with E-state index in [1.165, 1.54) is 24.0 Å². The Kier molecular flexibility index (Phi) is 2.88. The molecule has 86 valence electrons. The van der Waals surface area contributed by atoms with Crippen molar-refractivity contribution in [3.05, 3.63) is 21.7 Å². The first-order valence-corrected chi connectivity index (χ1v) is 7.23. The average Bonchev–Trinajstić information content (AvgIpc) is 2.30. The van der Waals surface area contributed by atoms with Crippen molar-refractivity contribution < 1.29 is 9.47 Å². The SMILES string of the molecule is Brc1cc2c(c3c1CCCC3Br)OCCO2. The van der Waals surface area contributed by atoms with Crippen LogP contribution in [0.5, 0.6) is 11.5 Å². The summed E-state index contributed by atoms with van der Waals surface area (Å²) >= 11 is 7.38. The molecule has 1 aromatic carbocycles. The standard InChI is InChI=1S/C12H12Br2O2/c13-8-3-1-2-7-9(14)6-10-12(11(7)8)16-5-4-15-10/h6,8H,1-5H2. The molecule has 4 heteroatoms. The lowest BCUT2D eigenvalue weighted by Gasteiger charge is -2.29. The Bertz CT molecular complexity index is 432. The molecule has 0 saturated carbocycles. The van der Waals surface area contributed by atoms with Crippen LogP contribution in [-0.4, -0.2) is 13.2 Å². The third kappa shape index (κ3) is 1.66. The molecule has 1 atom stereocenters. The van der Waals surface area contributed by atoms with Crippen LogP contribution in [0.25, 0.3) is 0 Å². The van der Waals surface area contributed by atoms with Gasteiger partial charge in [0.2, 0.25) is 0 Å². The van der Waals surface area contributed by atoms with Crippen LogP contribution in [0.1, 0.15) is 28.8 Å². The third-order valence-corrected chi connectivity index (χ3v) is 4.75. The topological polar surface area (TPSA) is 18.5 Å². The molecule has 2 nitrogen and oxygen atoms in total. The van der Waals surface area contributed by atoms with E-state index in [4.69, 9.17) is 9.47 Å². The zero-order chi connectivity index (χ0) is 11.1. The van der Waals surface area contributed by atoms with Gasteiger partial charge in [-0.25, -0.2) is 0 Å². The minimum absolute atomic E-state index is 0.393. The van der Waals surface area contributed by atoms with Crippen molar-refractivity contribution in [2.45, 2.75) is 24.1 Å². The lowest BCUT2D eigenvalue weighted by atomic mass is 9.90. The first-order chi connectivity index (χ1) is 7.77. The fraction of sp³-hybridized carbons (Fsp3) is 0.500. The van der Waals surface area contributed by atoms with Gasteiger partial charge in [-0.1, -0.05) is 31.9 Å². The number of hydrogen-bond donors (Lipinski definition) is 0. The molecule has 0 radical (unpaired) electrons. The second-order valence-electron chi connectivity index (χ2n) is 4.13. The van der Waals surface area contributed by atoms with Gasteiger partial charge in [-0.05, 0) is 30.9 Å². The van der Waals surface area contributed by atoms with E-state index in [0.29, 0.717) is 18.0 Å². The molecule has 3 rings (SSSR count). The molecule has 2 aliphatic rings. The van der Waals surface area contributed by atoms with Gasteiger partial charge in [-0.15, -0.1) is 0 Å². The highest BCUT2D eigenvalue weighted by atomic mass is 79.9. The van der Waals surface area contributed by atoms with Crippen molar-refractivity contribution in [2.75, 3.05) is 13.2 Å². The number of ether oxygens (including phenoxy) is 2. The molecule has 0 saturated heterocycles. The summed E-state index contributed by atoms with van der Waals surface area (Å²) in [4.78, 5) is 0.393. The van der Waals surface area contributed by atoms with E-state index in [9.17, 15) is 0 Å². The van der Waals surface area contributed by atoms with Crippen LogP contribution in [0.2, 0.25) is 0 Å². The maximum absolute atomic E-state index is 5.77. The maximum atomic E-state index is 5.77. The van der Waals surface area contributed by atoms with Crippen molar-refractivity contribution in [2.24, 2.45) is 0 Å². The van der Waals surface area contributed by atoms with Crippen LogP contribution < -0.4 is 9.47 Å². The largest absolute Gasteiger partial charge is 0.486 e. The van der Waals surface area contributed by atoms with Crippen LogP contribution in [0, 0.1) is 0 Å². The summed E-state index contributed by atoms with van der Waals surface area (Å²) in [5.41, 5.74) is 2.66. The fourth-order valence-corrected chi connectivity index (χ4v) is 3.83. The van der Waals surface area contributed by atoms with Crippen LogP contribution in [-0.2, 0) is 6.42 Å². The molecule has 0 aromatic heterocycles. The van der Waals surface area contributed by atoms with Crippen LogP contribution in [0.3, 0.4) is 0 Å². The maximum Gasteiger partial charge on any atom is 0.166 e. The fourth-order valence-electron chi connectivity index (χ4n) is 2.41. The Morgan fingerprint density at radius 3 is 2.94 bits per heavy atom. The number of benzene rings is 1. The highest BCUT2D eigenvalue weighted by molar-refractivity contribution is 9.10. The lowest BCUT2D eigenvalue weighted by Crippen LogP contribution is -2.19. The lowest BCUT2D eigenvalue weighted by molar-refractivity contribution is 0.169. The predicted molar refractivity (Wildman–Crippen MR) is 69.7 cm³/mol. The number of hydrogen-bond acceptors (Lipinski definition) is 2. The van der Waals surface area contributed by atoms with E-state index in [1.54, 1.807) is 0 Å². The van der Waals surface area contributed by atoms with Gasteiger partial charge in [-0.3, -0.25) is 0 Å². The van der Waals surface area contributed by atoms with Gasteiger partial charge in [0.05, 0.1) is 0 Å². The molecule has 1 unspecified atom stereocenters. The Balaban J connectivity index is 2.21. The van der Waals surface area contributed by atoms with Crippen LogP contribution >= 0.6 is 31.9 Å². The highest BCUT2D eigenvalue weighted by Gasteiger charge is 2.28. The van der Waals surface area contributed by atoms with Gasteiger partial charge in [0.15, 0.2) is 11.5 Å². The second kappa shape index (κ2) is 4.22. The smallest absolute Gasteiger partial charge is 0.166 e. The Morgan fingerprint density at radius 1 is 1.25 bits per heavy atom. The molecule has 0 amide bonds. The molecule has 1 aliphatic heterocycles. The van der Waals surface area contributed by atoms with Crippen LogP contribution in [0.15, 0.2) is 10.5 Å². The molecule has 0 spiro atoms. The first-order valence-electron chi connectivity index (χ1n) is 5.52. The molecule has 16 heavy (non-hydrogen) atoms. The number of rotatable bonds is 0. The third-order valence-electron chi connectivity index (χ3n) is 3.12. The Morgan fingerprint density at radius 2 is 2.06 bits per heavy atom. The summed E-state index contributed by atoms with van der Waals surface area (Å²) in [7, 11) is 0. The zero-order valence-corrected chi connectivity index (χ0v) is 11.9. The summed E-state index contributed by atoms with van der Waals surface area (Å²) in [5.74, 6) is 1.83. The number of alkyl halides is 1. The summed E-state index contributed by atoms with van der Waals surface area (Å²) in [6, 6.07) is 2.04.